The highest BCUT2D eigenvalue weighted by molar-refractivity contribution is 6.30. The van der Waals surface area contributed by atoms with Gasteiger partial charge in [0.25, 0.3) is 5.91 Å². The van der Waals surface area contributed by atoms with Gasteiger partial charge in [0.2, 0.25) is 5.91 Å². The number of anilines is 1. The summed E-state index contributed by atoms with van der Waals surface area (Å²) < 4.78 is 0. The van der Waals surface area contributed by atoms with E-state index in [0.717, 1.165) is 27.6 Å². The van der Waals surface area contributed by atoms with Crippen LogP contribution in [0.1, 0.15) is 15.9 Å². The minimum atomic E-state index is -0.608. The average Bonchev–Trinajstić information content (AvgIpc) is 3.16. The molecule has 0 unspecified atom stereocenters. The molecule has 4 N–H and O–H groups in total. The normalized spacial score (nSPS) is 10.7. The third kappa shape index (κ3) is 4.20. The van der Waals surface area contributed by atoms with Crippen LogP contribution in [0.2, 0.25) is 5.02 Å². The number of rotatable bonds is 5. The van der Waals surface area contributed by atoms with Gasteiger partial charge < -0.3 is 10.3 Å². The van der Waals surface area contributed by atoms with Crippen LogP contribution in [0.5, 0.6) is 0 Å². The number of fused-ring (bicyclic) bond motifs is 1. The Labute approximate surface area is 177 Å². The number of nitrogens with one attached hydrogen (secondary N) is 3. The first-order chi connectivity index (χ1) is 14.5. The van der Waals surface area contributed by atoms with Gasteiger partial charge >= 0.3 is 0 Å². The molecule has 0 aliphatic carbocycles. The van der Waals surface area contributed by atoms with Crippen LogP contribution in [-0.4, -0.2) is 22.0 Å². The smallest absolute Gasteiger partial charge is 0.274 e. The van der Waals surface area contributed by atoms with Crippen molar-refractivity contribution in [1.82, 2.24) is 10.5 Å². The lowest BCUT2D eigenvalue weighted by molar-refractivity contribution is -0.115. The molecule has 0 fully saturated rings. The van der Waals surface area contributed by atoms with E-state index in [1.54, 1.807) is 17.6 Å². The Kier molecular flexibility index (Phi) is 5.52. The van der Waals surface area contributed by atoms with Crippen LogP contribution in [-0.2, 0) is 11.2 Å². The first-order valence-electron chi connectivity index (χ1n) is 9.24. The Balaban J connectivity index is 1.51. The standard InChI is InChI=1S/C23H18ClN3O3/c24-18-6-1-14(2-7-18)16-5-10-21-20(11-16)17(13-25-21)12-22(28)26-19-8-3-15(4-9-19)23(29)27-30/h1-11,13,25,30H,12H2,(H,26,28)(H,27,29). The Hall–Kier alpha value is -3.61. The number of aromatic nitrogens is 1. The lowest BCUT2D eigenvalue weighted by Gasteiger charge is -2.07. The van der Waals surface area contributed by atoms with E-state index in [4.69, 9.17) is 16.8 Å². The summed E-state index contributed by atoms with van der Waals surface area (Å²) in [5.41, 5.74) is 6.35. The minimum Gasteiger partial charge on any atom is -0.361 e. The summed E-state index contributed by atoms with van der Waals surface area (Å²) in [6.07, 6.45) is 2.04. The highest BCUT2D eigenvalue weighted by atomic mass is 35.5. The number of aromatic amines is 1. The number of carbonyl (C=O) groups is 2. The van der Waals surface area contributed by atoms with E-state index < -0.39 is 5.91 Å². The molecule has 0 saturated carbocycles. The van der Waals surface area contributed by atoms with Crippen molar-refractivity contribution in [2.24, 2.45) is 0 Å². The van der Waals surface area contributed by atoms with Gasteiger partial charge in [-0.2, -0.15) is 0 Å². The molecule has 0 radical (unpaired) electrons. The van der Waals surface area contributed by atoms with E-state index in [1.807, 2.05) is 42.6 Å². The maximum atomic E-state index is 12.5. The fourth-order valence-corrected chi connectivity index (χ4v) is 3.42. The first-order valence-corrected chi connectivity index (χ1v) is 9.61. The van der Waals surface area contributed by atoms with Gasteiger partial charge in [-0.3, -0.25) is 14.8 Å². The number of hydrogen-bond donors (Lipinski definition) is 4. The highest BCUT2D eigenvalue weighted by Crippen LogP contribution is 2.27. The predicted molar refractivity (Wildman–Crippen MR) is 117 cm³/mol. The summed E-state index contributed by atoms with van der Waals surface area (Å²) in [5.74, 6) is -0.782. The maximum absolute atomic E-state index is 12.5. The van der Waals surface area contributed by atoms with Gasteiger partial charge in [-0.15, -0.1) is 0 Å². The quantitative estimate of drug-likeness (QED) is 0.277. The predicted octanol–water partition coefficient (Wildman–Crippen LogP) is 4.79. The van der Waals surface area contributed by atoms with Gasteiger partial charge in [-0.05, 0) is 65.2 Å². The van der Waals surface area contributed by atoms with Crippen molar-refractivity contribution in [3.8, 4) is 11.1 Å². The molecular weight excluding hydrogens is 402 g/mol. The van der Waals surface area contributed by atoms with Crippen LogP contribution in [0, 0.1) is 0 Å². The summed E-state index contributed by atoms with van der Waals surface area (Å²) in [7, 11) is 0. The number of hydrogen-bond acceptors (Lipinski definition) is 3. The van der Waals surface area contributed by atoms with E-state index in [1.165, 1.54) is 12.1 Å². The number of carbonyl (C=O) groups excluding carboxylic acids is 2. The fourth-order valence-electron chi connectivity index (χ4n) is 3.29. The van der Waals surface area contributed by atoms with Gasteiger partial charge in [0.05, 0.1) is 6.42 Å². The Morgan fingerprint density at radius 1 is 0.933 bits per heavy atom. The van der Waals surface area contributed by atoms with Gasteiger partial charge in [-0.1, -0.05) is 29.8 Å². The summed E-state index contributed by atoms with van der Waals surface area (Å²) in [6.45, 7) is 0. The van der Waals surface area contributed by atoms with Crippen LogP contribution in [0.15, 0.2) is 72.9 Å². The maximum Gasteiger partial charge on any atom is 0.274 e. The molecule has 0 aliphatic rings. The van der Waals surface area contributed by atoms with Crippen LogP contribution in [0.3, 0.4) is 0 Å². The molecule has 7 heteroatoms. The molecular formula is C23H18ClN3O3. The van der Waals surface area contributed by atoms with Crippen molar-refractivity contribution in [2.45, 2.75) is 6.42 Å². The summed E-state index contributed by atoms with van der Waals surface area (Å²) >= 11 is 5.98. The van der Waals surface area contributed by atoms with E-state index in [0.29, 0.717) is 16.3 Å². The van der Waals surface area contributed by atoms with Crippen LogP contribution in [0.4, 0.5) is 5.69 Å². The monoisotopic (exact) mass is 419 g/mol. The van der Waals surface area contributed by atoms with Gasteiger partial charge in [0.15, 0.2) is 0 Å². The minimum absolute atomic E-state index is 0.174. The Morgan fingerprint density at radius 2 is 1.63 bits per heavy atom. The van der Waals surface area contributed by atoms with Crippen molar-refractivity contribution in [2.75, 3.05) is 5.32 Å². The molecule has 0 bridgehead atoms. The van der Waals surface area contributed by atoms with Gasteiger partial charge in [0, 0.05) is 33.4 Å². The molecule has 1 heterocycles. The Bertz CT molecular complexity index is 1210. The SMILES string of the molecule is O=C(Cc1c[nH]c2ccc(-c3ccc(Cl)cc3)cc12)Nc1ccc(C(=O)NO)cc1. The van der Waals surface area contributed by atoms with Crippen LogP contribution >= 0.6 is 11.6 Å². The van der Waals surface area contributed by atoms with E-state index in [9.17, 15) is 9.59 Å². The molecule has 3 aromatic carbocycles. The molecule has 0 spiro atoms. The summed E-state index contributed by atoms with van der Waals surface area (Å²) in [6, 6.07) is 19.9. The topological polar surface area (TPSA) is 94.2 Å². The molecule has 150 valence electrons. The number of amides is 2. The number of halogens is 1. The van der Waals surface area contributed by atoms with Gasteiger partial charge in [0.1, 0.15) is 0 Å². The van der Waals surface area contributed by atoms with E-state index in [-0.39, 0.29) is 12.3 Å². The second-order valence-corrected chi connectivity index (χ2v) is 7.26. The lowest BCUT2D eigenvalue weighted by Crippen LogP contribution is -2.18. The third-order valence-corrected chi connectivity index (χ3v) is 5.08. The second kappa shape index (κ2) is 8.41. The fraction of sp³-hybridized carbons (Fsp3) is 0.0435. The lowest BCUT2D eigenvalue weighted by atomic mass is 10.0. The molecule has 0 saturated heterocycles. The first kappa shape index (κ1) is 19.7. The highest BCUT2D eigenvalue weighted by Gasteiger charge is 2.11. The van der Waals surface area contributed by atoms with Crippen LogP contribution in [0.25, 0.3) is 22.0 Å². The van der Waals surface area contributed by atoms with Crippen molar-refractivity contribution in [3.05, 3.63) is 89.1 Å². The molecule has 6 nitrogen and oxygen atoms in total. The van der Waals surface area contributed by atoms with Crippen LogP contribution < -0.4 is 10.8 Å². The average molecular weight is 420 g/mol. The zero-order valence-electron chi connectivity index (χ0n) is 15.8. The van der Waals surface area contributed by atoms with Gasteiger partial charge in [-0.25, -0.2) is 5.48 Å². The number of hydroxylamine groups is 1. The van der Waals surface area contributed by atoms with E-state index >= 15 is 0 Å². The molecule has 4 aromatic rings. The molecule has 0 aliphatic heterocycles. The zero-order chi connectivity index (χ0) is 21.1. The molecule has 1 aromatic heterocycles. The van der Waals surface area contributed by atoms with Crippen molar-refractivity contribution >= 4 is 40.0 Å². The Morgan fingerprint density at radius 3 is 2.33 bits per heavy atom. The van der Waals surface area contributed by atoms with E-state index in [2.05, 4.69) is 16.4 Å². The summed E-state index contributed by atoms with van der Waals surface area (Å²) in [5, 5.41) is 13.1. The van der Waals surface area contributed by atoms with Crippen molar-refractivity contribution < 1.29 is 14.8 Å². The largest absolute Gasteiger partial charge is 0.361 e. The summed E-state index contributed by atoms with van der Waals surface area (Å²) in [4.78, 5) is 27.1. The van der Waals surface area contributed by atoms with Crippen molar-refractivity contribution in [1.29, 1.82) is 0 Å². The third-order valence-electron chi connectivity index (χ3n) is 4.83. The number of H-pyrrole nitrogens is 1. The molecule has 30 heavy (non-hydrogen) atoms. The number of benzene rings is 3. The zero-order valence-corrected chi connectivity index (χ0v) is 16.5. The second-order valence-electron chi connectivity index (χ2n) is 6.82. The molecule has 0 atom stereocenters. The molecule has 4 rings (SSSR count). The molecule has 2 amide bonds. The van der Waals surface area contributed by atoms with Crippen molar-refractivity contribution in [3.63, 3.8) is 0 Å².